The van der Waals surface area contributed by atoms with E-state index in [2.05, 4.69) is 29.6 Å². The molecule has 0 radical (unpaired) electrons. The Morgan fingerprint density at radius 3 is 2.39 bits per heavy atom. The molecule has 5 N–H and O–H groups in total. The molecule has 0 atom stereocenters. The number of aliphatic hydroxyl groups excluding tert-OH is 1. The van der Waals surface area contributed by atoms with Gasteiger partial charge >= 0.3 is 12.1 Å². The standard InChI is InChI=1S/C21H31N3O2.C2HF3O2/c22-20-7-6-18(14-19(20)17-4-2-1-3-5-17)16-8-11-24(12-9-16)21(26)15-23-10-13-25;3-2(4,5)1(6)7/h4,6-7,14,16,23,25H,1-3,5,8-13,15,22H2;(H,6,7). The highest BCUT2D eigenvalue weighted by Gasteiger charge is 2.38. The minimum absolute atomic E-state index is 0.0608. The lowest BCUT2D eigenvalue weighted by Gasteiger charge is -2.32. The first-order valence-electron chi connectivity index (χ1n) is 11.1. The van der Waals surface area contributed by atoms with Crippen LogP contribution in [0.2, 0.25) is 0 Å². The first-order chi connectivity index (χ1) is 15.6. The van der Waals surface area contributed by atoms with Crippen molar-refractivity contribution in [1.29, 1.82) is 0 Å². The molecule has 33 heavy (non-hydrogen) atoms. The van der Waals surface area contributed by atoms with E-state index in [1.165, 1.54) is 29.5 Å². The number of aliphatic carboxylic acids is 1. The van der Waals surface area contributed by atoms with Gasteiger partial charge in [-0.1, -0.05) is 12.1 Å². The maximum Gasteiger partial charge on any atom is 0.490 e. The molecule has 0 unspecified atom stereocenters. The number of nitrogens with one attached hydrogen (secondary N) is 1. The van der Waals surface area contributed by atoms with Crippen LogP contribution in [-0.2, 0) is 9.59 Å². The van der Waals surface area contributed by atoms with Crippen molar-refractivity contribution in [2.75, 3.05) is 38.5 Å². The number of carbonyl (C=O) groups excluding carboxylic acids is 1. The van der Waals surface area contributed by atoms with E-state index in [1.54, 1.807) is 0 Å². The molecular weight excluding hydrogens is 439 g/mol. The van der Waals surface area contributed by atoms with Crippen LogP contribution in [0.25, 0.3) is 5.57 Å². The minimum atomic E-state index is -5.08. The van der Waals surface area contributed by atoms with Crippen LogP contribution in [0.4, 0.5) is 18.9 Å². The average molecular weight is 472 g/mol. The van der Waals surface area contributed by atoms with Crippen molar-refractivity contribution >= 4 is 23.1 Å². The lowest BCUT2D eigenvalue weighted by Crippen LogP contribution is -2.43. The van der Waals surface area contributed by atoms with Gasteiger partial charge in [-0.3, -0.25) is 4.79 Å². The largest absolute Gasteiger partial charge is 0.490 e. The van der Waals surface area contributed by atoms with Gasteiger partial charge in [-0.15, -0.1) is 0 Å². The van der Waals surface area contributed by atoms with Gasteiger partial charge in [-0.25, -0.2) is 4.79 Å². The molecule has 1 heterocycles. The van der Waals surface area contributed by atoms with Crippen LogP contribution in [-0.4, -0.2) is 66.0 Å². The summed E-state index contributed by atoms with van der Waals surface area (Å²) in [6, 6.07) is 6.50. The van der Waals surface area contributed by atoms with E-state index in [0.717, 1.165) is 44.5 Å². The number of alkyl halides is 3. The maximum atomic E-state index is 12.2. The summed E-state index contributed by atoms with van der Waals surface area (Å²) < 4.78 is 31.7. The van der Waals surface area contributed by atoms with Gasteiger partial charge in [0.15, 0.2) is 0 Å². The number of piperidine rings is 1. The third-order valence-corrected chi connectivity index (χ3v) is 5.84. The van der Waals surface area contributed by atoms with Gasteiger partial charge in [0, 0.05) is 30.9 Å². The predicted octanol–water partition coefficient (Wildman–Crippen LogP) is 3.15. The summed E-state index contributed by atoms with van der Waals surface area (Å²) in [5.74, 6) is -2.14. The fraction of sp³-hybridized carbons (Fsp3) is 0.565. The number of nitrogen functional groups attached to an aromatic ring is 1. The van der Waals surface area contributed by atoms with Gasteiger partial charge in [0.05, 0.1) is 13.2 Å². The Morgan fingerprint density at radius 1 is 1.18 bits per heavy atom. The molecule has 1 aliphatic carbocycles. The van der Waals surface area contributed by atoms with E-state index in [1.807, 2.05) is 4.90 Å². The van der Waals surface area contributed by atoms with Gasteiger partial charge in [0.1, 0.15) is 0 Å². The van der Waals surface area contributed by atoms with E-state index >= 15 is 0 Å². The molecule has 1 aromatic rings. The molecule has 1 amide bonds. The van der Waals surface area contributed by atoms with E-state index in [9.17, 15) is 18.0 Å². The monoisotopic (exact) mass is 471 g/mol. The Morgan fingerprint density at radius 2 is 1.85 bits per heavy atom. The van der Waals surface area contributed by atoms with Crippen LogP contribution in [0.3, 0.4) is 0 Å². The Labute approximate surface area is 191 Å². The summed E-state index contributed by atoms with van der Waals surface area (Å²) in [7, 11) is 0. The van der Waals surface area contributed by atoms with Crippen LogP contribution >= 0.6 is 0 Å². The number of carbonyl (C=O) groups is 2. The number of hydrogen-bond donors (Lipinski definition) is 4. The summed E-state index contributed by atoms with van der Waals surface area (Å²) in [5.41, 5.74) is 11.1. The maximum absolute atomic E-state index is 12.2. The normalized spacial score (nSPS) is 17.1. The fourth-order valence-electron chi connectivity index (χ4n) is 4.04. The van der Waals surface area contributed by atoms with Crippen LogP contribution in [0.1, 0.15) is 55.6 Å². The lowest BCUT2D eigenvalue weighted by molar-refractivity contribution is -0.192. The average Bonchev–Trinajstić information content (AvgIpc) is 2.80. The molecule has 3 rings (SSSR count). The molecule has 184 valence electrons. The van der Waals surface area contributed by atoms with Crippen LogP contribution < -0.4 is 11.1 Å². The zero-order valence-electron chi connectivity index (χ0n) is 18.5. The molecule has 1 aromatic carbocycles. The molecule has 0 saturated carbocycles. The number of anilines is 1. The van der Waals surface area contributed by atoms with Crippen molar-refractivity contribution in [3.05, 3.63) is 35.4 Å². The number of rotatable bonds is 6. The molecule has 7 nitrogen and oxygen atoms in total. The number of aliphatic hydroxyl groups is 1. The third-order valence-electron chi connectivity index (χ3n) is 5.84. The second-order valence-electron chi connectivity index (χ2n) is 8.18. The summed E-state index contributed by atoms with van der Waals surface area (Å²) in [6.45, 7) is 2.43. The van der Waals surface area contributed by atoms with Crippen molar-refractivity contribution in [3.8, 4) is 0 Å². The number of likely N-dealkylation sites (tertiary alicyclic amines) is 1. The number of benzene rings is 1. The van der Waals surface area contributed by atoms with Gasteiger partial charge in [-0.2, -0.15) is 13.2 Å². The highest BCUT2D eigenvalue weighted by Crippen LogP contribution is 2.35. The van der Waals surface area contributed by atoms with Crippen molar-refractivity contribution in [2.45, 2.75) is 50.6 Å². The van der Waals surface area contributed by atoms with Gasteiger partial charge in [0.25, 0.3) is 0 Å². The molecule has 10 heteroatoms. The van der Waals surface area contributed by atoms with Crippen molar-refractivity contribution in [1.82, 2.24) is 10.2 Å². The van der Waals surface area contributed by atoms with Crippen LogP contribution in [0.5, 0.6) is 0 Å². The molecule has 0 spiro atoms. The fourth-order valence-corrected chi connectivity index (χ4v) is 4.04. The molecule has 2 aliphatic rings. The Kier molecular flexibility index (Phi) is 10.2. The number of nitrogens with zero attached hydrogens (tertiary/aromatic N) is 1. The zero-order valence-corrected chi connectivity index (χ0v) is 18.5. The van der Waals surface area contributed by atoms with Gasteiger partial charge in [0.2, 0.25) is 5.91 Å². The van der Waals surface area contributed by atoms with Gasteiger partial charge < -0.3 is 26.2 Å². The lowest BCUT2D eigenvalue weighted by atomic mass is 9.85. The Balaban J connectivity index is 0.000000479. The SMILES string of the molecule is Nc1ccc(C2CCN(C(=O)CNCCO)CC2)cc1C1=CCCCC1.O=C(O)C(F)(F)F. The van der Waals surface area contributed by atoms with Gasteiger partial charge in [-0.05, 0) is 67.7 Å². The minimum Gasteiger partial charge on any atom is -0.475 e. The van der Waals surface area contributed by atoms with E-state index in [0.29, 0.717) is 19.0 Å². The predicted molar refractivity (Wildman–Crippen MR) is 120 cm³/mol. The van der Waals surface area contributed by atoms with Crippen molar-refractivity contribution in [2.24, 2.45) is 0 Å². The van der Waals surface area contributed by atoms with Crippen LogP contribution in [0.15, 0.2) is 24.3 Å². The number of carboxylic acid groups (broad SMARTS) is 1. The summed E-state index contributed by atoms with van der Waals surface area (Å²) in [4.78, 5) is 23.0. The van der Waals surface area contributed by atoms with E-state index in [-0.39, 0.29) is 12.5 Å². The summed E-state index contributed by atoms with van der Waals surface area (Å²) in [5, 5.41) is 18.9. The van der Waals surface area contributed by atoms with Crippen molar-refractivity contribution in [3.63, 3.8) is 0 Å². The molecule has 1 saturated heterocycles. The molecular formula is C23H32F3N3O4. The highest BCUT2D eigenvalue weighted by molar-refractivity contribution is 5.78. The smallest absolute Gasteiger partial charge is 0.475 e. The molecule has 0 bridgehead atoms. The topological polar surface area (TPSA) is 116 Å². The Hall–Kier alpha value is -2.59. The molecule has 1 aliphatic heterocycles. The van der Waals surface area contributed by atoms with Crippen LogP contribution in [0, 0.1) is 0 Å². The number of halogens is 3. The Bertz CT molecular complexity index is 835. The molecule has 0 aromatic heterocycles. The number of amides is 1. The number of carboxylic acids is 1. The third kappa shape index (κ3) is 8.36. The first kappa shape index (κ1) is 26.7. The van der Waals surface area contributed by atoms with E-state index < -0.39 is 12.1 Å². The summed E-state index contributed by atoms with van der Waals surface area (Å²) in [6.07, 6.45) is 4.07. The highest BCUT2D eigenvalue weighted by atomic mass is 19.4. The zero-order chi connectivity index (χ0) is 24.4. The number of nitrogens with two attached hydrogens (primary N) is 1. The van der Waals surface area contributed by atoms with E-state index in [4.69, 9.17) is 20.7 Å². The second kappa shape index (κ2) is 12.6. The second-order valence-corrected chi connectivity index (χ2v) is 8.18. The first-order valence-corrected chi connectivity index (χ1v) is 11.1. The molecule has 1 fully saturated rings. The van der Waals surface area contributed by atoms with Crippen molar-refractivity contribution < 1.29 is 33.0 Å². The summed E-state index contributed by atoms with van der Waals surface area (Å²) >= 11 is 0. The quantitative estimate of drug-likeness (QED) is 0.374. The number of hydrogen-bond acceptors (Lipinski definition) is 5. The number of allylic oxidation sites excluding steroid dienone is 2.